The van der Waals surface area contributed by atoms with E-state index in [1.165, 1.54) is 18.2 Å². The van der Waals surface area contributed by atoms with Crippen LogP contribution in [0.5, 0.6) is 5.75 Å². The molecule has 1 heterocycles. The molecule has 1 fully saturated rings. The van der Waals surface area contributed by atoms with Gasteiger partial charge in [-0.1, -0.05) is 36.4 Å². The zero-order valence-electron chi connectivity index (χ0n) is 20.4. The van der Waals surface area contributed by atoms with Gasteiger partial charge in [-0.15, -0.1) is 0 Å². The van der Waals surface area contributed by atoms with Crippen LogP contribution in [0.15, 0.2) is 54.6 Å². The van der Waals surface area contributed by atoms with Gasteiger partial charge in [0.05, 0.1) is 29.1 Å². The Labute approximate surface area is 209 Å². The Hall–Kier alpha value is -3.95. The van der Waals surface area contributed by atoms with Crippen molar-refractivity contribution in [3.8, 4) is 5.75 Å². The first kappa shape index (κ1) is 26.7. The average molecular weight is 498 g/mol. The van der Waals surface area contributed by atoms with Crippen molar-refractivity contribution in [2.75, 3.05) is 19.7 Å². The van der Waals surface area contributed by atoms with E-state index >= 15 is 0 Å². The van der Waals surface area contributed by atoms with E-state index in [2.05, 4.69) is 5.32 Å². The summed E-state index contributed by atoms with van der Waals surface area (Å²) in [5.74, 6) is -0.824. The standard InChI is InChI=1S/C26H31N3O7/c1-18(2)36-25(31)16-22(21-10-6-7-11-23(21)29(33)34)27-26(32)19-12-14-28(15-13-19)24(30)17-35-20-8-4-3-5-9-20/h3-11,18-19,22H,12-17H2,1-2H3,(H,27,32). The highest BCUT2D eigenvalue weighted by atomic mass is 16.6. The Kier molecular flexibility index (Phi) is 9.38. The molecule has 1 aliphatic heterocycles. The Morgan fingerprint density at radius 2 is 1.69 bits per heavy atom. The highest BCUT2D eigenvalue weighted by molar-refractivity contribution is 5.82. The molecule has 1 aliphatic rings. The molecule has 36 heavy (non-hydrogen) atoms. The molecule has 10 nitrogen and oxygen atoms in total. The first-order valence-electron chi connectivity index (χ1n) is 11.9. The Bertz CT molecular complexity index is 1070. The second-order valence-corrected chi connectivity index (χ2v) is 8.88. The van der Waals surface area contributed by atoms with Gasteiger partial charge >= 0.3 is 5.97 Å². The van der Waals surface area contributed by atoms with Gasteiger partial charge in [0.15, 0.2) is 6.61 Å². The summed E-state index contributed by atoms with van der Waals surface area (Å²) in [5, 5.41) is 14.4. The number of amides is 2. The van der Waals surface area contributed by atoms with Crippen molar-refractivity contribution in [1.82, 2.24) is 10.2 Å². The van der Waals surface area contributed by atoms with Gasteiger partial charge in [0.25, 0.3) is 11.6 Å². The number of piperidine rings is 1. The number of esters is 1. The highest BCUT2D eigenvalue weighted by Crippen LogP contribution is 2.29. The number of nitro benzene ring substituents is 1. The third-order valence-corrected chi connectivity index (χ3v) is 5.89. The molecule has 0 spiro atoms. The fourth-order valence-corrected chi connectivity index (χ4v) is 4.10. The number of nitro groups is 1. The molecule has 1 saturated heterocycles. The molecule has 1 atom stereocenters. The molecule has 2 amide bonds. The van der Waals surface area contributed by atoms with Crippen molar-refractivity contribution in [3.63, 3.8) is 0 Å². The molecule has 1 unspecified atom stereocenters. The quantitative estimate of drug-likeness (QED) is 0.303. The van der Waals surface area contributed by atoms with Crippen molar-refractivity contribution in [3.05, 3.63) is 70.3 Å². The monoisotopic (exact) mass is 497 g/mol. The number of hydrogen-bond donors (Lipinski definition) is 1. The molecule has 2 aromatic rings. The molecule has 10 heteroatoms. The van der Waals surface area contributed by atoms with E-state index in [-0.39, 0.29) is 42.2 Å². The number of para-hydroxylation sites is 2. The van der Waals surface area contributed by atoms with Gasteiger partial charge in [-0.2, -0.15) is 0 Å². The fourth-order valence-electron chi connectivity index (χ4n) is 4.10. The number of nitrogens with zero attached hydrogens (tertiary/aromatic N) is 2. The SMILES string of the molecule is CC(C)OC(=O)CC(NC(=O)C1CCN(C(=O)COc2ccccc2)CC1)c1ccccc1[N+](=O)[O-]. The summed E-state index contributed by atoms with van der Waals surface area (Å²) in [4.78, 5) is 50.6. The Morgan fingerprint density at radius 1 is 1.06 bits per heavy atom. The number of likely N-dealkylation sites (tertiary alicyclic amines) is 1. The minimum absolute atomic E-state index is 0.0847. The topological polar surface area (TPSA) is 128 Å². The number of ether oxygens (including phenoxy) is 2. The van der Waals surface area contributed by atoms with Crippen LogP contribution in [0, 0.1) is 16.0 Å². The molecule has 0 bridgehead atoms. The summed E-state index contributed by atoms with van der Waals surface area (Å²) in [5.41, 5.74) is 0.0567. The zero-order valence-corrected chi connectivity index (χ0v) is 20.4. The molecular weight excluding hydrogens is 466 g/mol. The summed E-state index contributed by atoms with van der Waals surface area (Å²) in [7, 11) is 0. The van der Waals surface area contributed by atoms with Crippen LogP contribution in [0.1, 0.15) is 44.7 Å². The van der Waals surface area contributed by atoms with Crippen molar-refractivity contribution >= 4 is 23.5 Å². The second kappa shape index (κ2) is 12.7. The minimum Gasteiger partial charge on any atom is -0.484 e. The van der Waals surface area contributed by atoms with Gasteiger partial charge < -0.3 is 19.7 Å². The normalized spacial score (nSPS) is 14.7. The van der Waals surface area contributed by atoms with E-state index in [0.717, 1.165) is 0 Å². The average Bonchev–Trinajstić information content (AvgIpc) is 2.87. The molecule has 3 rings (SSSR count). The van der Waals surface area contributed by atoms with E-state index in [9.17, 15) is 24.5 Å². The van der Waals surface area contributed by atoms with Crippen molar-refractivity contribution < 1.29 is 28.8 Å². The Balaban J connectivity index is 1.61. The van der Waals surface area contributed by atoms with Gasteiger partial charge in [0.1, 0.15) is 5.75 Å². The lowest BCUT2D eigenvalue weighted by Crippen LogP contribution is -2.45. The largest absolute Gasteiger partial charge is 0.484 e. The van der Waals surface area contributed by atoms with Crippen LogP contribution in [0.25, 0.3) is 0 Å². The molecule has 0 radical (unpaired) electrons. The van der Waals surface area contributed by atoms with Gasteiger partial charge in [-0.3, -0.25) is 24.5 Å². The minimum atomic E-state index is -0.913. The lowest BCUT2D eigenvalue weighted by molar-refractivity contribution is -0.385. The fraction of sp³-hybridized carbons (Fsp3) is 0.423. The van der Waals surface area contributed by atoms with Crippen molar-refractivity contribution in [1.29, 1.82) is 0 Å². The van der Waals surface area contributed by atoms with Crippen LogP contribution in [0.3, 0.4) is 0 Å². The second-order valence-electron chi connectivity index (χ2n) is 8.88. The van der Waals surface area contributed by atoms with E-state index in [1.807, 2.05) is 18.2 Å². The zero-order chi connectivity index (χ0) is 26.1. The smallest absolute Gasteiger partial charge is 0.308 e. The lowest BCUT2D eigenvalue weighted by atomic mass is 9.94. The molecule has 1 N–H and O–H groups in total. The van der Waals surface area contributed by atoms with Crippen LogP contribution >= 0.6 is 0 Å². The lowest BCUT2D eigenvalue weighted by Gasteiger charge is -2.32. The van der Waals surface area contributed by atoms with Crippen LogP contribution in [-0.4, -0.2) is 53.4 Å². The highest BCUT2D eigenvalue weighted by Gasteiger charge is 2.32. The summed E-state index contributed by atoms with van der Waals surface area (Å²) in [6.45, 7) is 4.10. The summed E-state index contributed by atoms with van der Waals surface area (Å²) >= 11 is 0. The van der Waals surface area contributed by atoms with E-state index < -0.39 is 22.9 Å². The van der Waals surface area contributed by atoms with E-state index in [4.69, 9.17) is 9.47 Å². The Morgan fingerprint density at radius 3 is 2.33 bits per heavy atom. The van der Waals surface area contributed by atoms with Gasteiger partial charge in [-0.25, -0.2) is 0 Å². The predicted octanol–water partition coefficient (Wildman–Crippen LogP) is 3.41. The van der Waals surface area contributed by atoms with Crippen LogP contribution < -0.4 is 10.1 Å². The van der Waals surface area contributed by atoms with Crippen LogP contribution in [0.4, 0.5) is 5.69 Å². The van der Waals surface area contributed by atoms with Crippen LogP contribution in [-0.2, 0) is 19.1 Å². The molecule has 192 valence electrons. The van der Waals surface area contributed by atoms with E-state index in [1.54, 1.807) is 36.9 Å². The maximum atomic E-state index is 13.1. The van der Waals surface area contributed by atoms with Crippen molar-refractivity contribution in [2.24, 2.45) is 5.92 Å². The maximum absolute atomic E-state index is 13.1. The first-order valence-corrected chi connectivity index (χ1v) is 11.9. The number of rotatable bonds is 10. The predicted molar refractivity (Wildman–Crippen MR) is 131 cm³/mol. The van der Waals surface area contributed by atoms with E-state index in [0.29, 0.717) is 31.7 Å². The summed E-state index contributed by atoms with van der Waals surface area (Å²) < 4.78 is 10.7. The molecule has 0 saturated carbocycles. The van der Waals surface area contributed by atoms with Crippen molar-refractivity contribution in [2.45, 2.75) is 45.3 Å². The number of nitrogens with one attached hydrogen (secondary N) is 1. The molecule has 2 aromatic carbocycles. The molecule has 0 aromatic heterocycles. The third kappa shape index (κ3) is 7.53. The number of hydrogen-bond acceptors (Lipinski definition) is 7. The van der Waals surface area contributed by atoms with Gasteiger partial charge in [0.2, 0.25) is 5.91 Å². The molecule has 0 aliphatic carbocycles. The number of carbonyl (C=O) groups is 3. The van der Waals surface area contributed by atoms with Gasteiger partial charge in [0, 0.05) is 25.1 Å². The summed E-state index contributed by atoms with van der Waals surface area (Å²) in [6, 6.07) is 14.2. The number of carbonyl (C=O) groups excluding carboxylic acids is 3. The maximum Gasteiger partial charge on any atom is 0.308 e. The summed E-state index contributed by atoms with van der Waals surface area (Å²) in [6.07, 6.45) is 0.279. The van der Waals surface area contributed by atoms with Gasteiger partial charge in [-0.05, 0) is 38.8 Å². The number of benzene rings is 2. The third-order valence-electron chi connectivity index (χ3n) is 5.89. The van der Waals surface area contributed by atoms with Crippen LogP contribution in [0.2, 0.25) is 0 Å². The first-order chi connectivity index (χ1) is 17.2. The molecular formula is C26H31N3O7.